The van der Waals surface area contributed by atoms with Crippen molar-refractivity contribution in [1.29, 1.82) is 0 Å². The lowest BCUT2D eigenvalue weighted by molar-refractivity contribution is 0.268. The Hall–Kier alpha value is -1.75. The van der Waals surface area contributed by atoms with E-state index in [0.29, 0.717) is 6.61 Å². The quantitative estimate of drug-likeness (QED) is 0.817. The van der Waals surface area contributed by atoms with E-state index in [-0.39, 0.29) is 0 Å². The first-order valence-corrected chi connectivity index (χ1v) is 6.18. The Morgan fingerprint density at radius 1 is 1.50 bits per heavy atom. The van der Waals surface area contributed by atoms with Crippen LogP contribution in [0.1, 0.15) is 24.7 Å². The fraction of sp³-hybridized carbons (Fsp3) is 0.462. The molecule has 0 spiro atoms. The predicted molar refractivity (Wildman–Crippen MR) is 68.3 cm³/mol. The average Bonchev–Trinajstić information content (AvgIpc) is 2.97. The highest BCUT2D eigenvalue weighted by molar-refractivity contribution is 5.18. The third-order valence-corrected chi connectivity index (χ3v) is 2.64. The molecule has 0 amide bonds. The van der Waals surface area contributed by atoms with Crippen molar-refractivity contribution < 1.29 is 9.15 Å². The predicted octanol–water partition coefficient (Wildman–Crippen LogP) is 2.18. The van der Waals surface area contributed by atoms with Gasteiger partial charge in [0.15, 0.2) is 5.75 Å². The summed E-state index contributed by atoms with van der Waals surface area (Å²) in [7, 11) is 1.91. The van der Waals surface area contributed by atoms with E-state index in [4.69, 9.17) is 9.15 Å². The van der Waals surface area contributed by atoms with Gasteiger partial charge in [0, 0.05) is 18.7 Å². The number of hydrogen-bond donors (Lipinski definition) is 1. The molecule has 0 saturated heterocycles. The Labute approximate surface area is 107 Å². The van der Waals surface area contributed by atoms with Crippen LogP contribution < -0.4 is 10.1 Å². The Morgan fingerprint density at radius 3 is 3.17 bits per heavy atom. The molecular formula is C13H19N3O2. The highest BCUT2D eigenvalue weighted by Crippen LogP contribution is 2.15. The van der Waals surface area contributed by atoms with E-state index < -0.39 is 0 Å². The van der Waals surface area contributed by atoms with Gasteiger partial charge >= 0.3 is 0 Å². The second-order valence-corrected chi connectivity index (χ2v) is 4.13. The highest BCUT2D eigenvalue weighted by atomic mass is 16.5. The van der Waals surface area contributed by atoms with Crippen LogP contribution in [-0.4, -0.2) is 16.8 Å². The van der Waals surface area contributed by atoms with Crippen LogP contribution in [0.25, 0.3) is 0 Å². The number of nitrogens with one attached hydrogen (secondary N) is 1. The van der Waals surface area contributed by atoms with Crippen LogP contribution >= 0.6 is 0 Å². The van der Waals surface area contributed by atoms with Crippen LogP contribution in [0.5, 0.6) is 5.75 Å². The smallest absolute Gasteiger partial charge is 0.157 e. The summed E-state index contributed by atoms with van der Waals surface area (Å²) in [6, 6.07) is 1.95. The third-order valence-electron chi connectivity index (χ3n) is 2.64. The summed E-state index contributed by atoms with van der Waals surface area (Å²) in [6.45, 7) is 4.25. The summed E-state index contributed by atoms with van der Waals surface area (Å²) >= 11 is 0. The molecule has 0 atom stereocenters. The Kier molecular flexibility index (Phi) is 4.41. The molecule has 18 heavy (non-hydrogen) atoms. The van der Waals surface area contributed by atoms with E-state index >= 15 is 0 Å². The fourth-order valence-corrected chi connectivity index (χ4v) is 1.76. The van der Waals surface area contributed by atoms with Crippen molar-refractivity contribution >= 4 is 0 Å². The molecule has 5 heteroatoms. The largest absolute Gasteiger partial charge is 0.482 e. The van der Waals surface area contributed by atoms with E-state index in [1.807, 2.05) is 24.0 Å². The lowest BCUT2D eigenvalue weighted by atomic mass is 10.2. The number of furan rings is 1. The number of aryl methyl sites for hydroxylation is 1. The molecule has 5 nitrogen and oxygen atoms in total. The minimum atomic E-state index is 0.432. The first-order chi connectivity index (χ1) is 8.83. The molecule has 0 aliphatic carbocycles. The number of aromatic nitrogens is 2. The Balaban J connectivity index is 1.91. The second kappa shape index (κ2) is 6.26. The molecule has 0 aliphatic heterocycles. The van der Waals surface area contributed by atoms with Gasteiger partial charge in [-0.25, -0.2) is 0 Å². The summed E-state index contributed by atoms with van der Waals surface area (Å²) in [5.74, 6) is 1.63. The number of ether oxygens (including phenoxy) is 1. The molecule has 1 N–H and O–H groups in total. The molecule has 0 unspecified atom stereocenters. The van der Waals surface area contributed by atoms with Crippen LogP contribution in [0.3, 0.4) is 0 Å². The SMILES string of the molecule is CCCn1cc(OCc2occc2CNC)cn1. The number of hydrogen-bond acceptors (Lipinski definition) is 4. The topological polar surface area (TPSA) is 52.2 Å². The van der Waals surface area contributed by atoms with E-state index in [2.05, 4.69) is 17.3 Å². The molecule has 2 aromatic rings. The van der Waals surface area contributed by atoms with Crippen LogP contribution in [0.4, 0.5) is 0 Å². The van der Waals surface area contributed by atoms with Gasteiger partial charge in [0.05, 0.1) is 18.7 Å². The van der Waals surface area contributed by atoms with Gasteiger partial charge < -0.3 is 14.5 Å². The van der Waals surface area contributed by atoms with Crippen LogP contribution in [0, 0.1) is 0 Å². The zero-order valence-corrected chi connectivity index (χ0v) is 10.8. The summed E-state index contributed by atoms with van der Waals surface area (Å²) < 4.78 is 12.9. The second-order valence-electron chi connectivity index (χ2n) is 4.13. The van der Waals surface area contributed by atoms with Crippen molar-refractivity contribution in [2.45, 2.75) is 33.0 Å². The van der Waals surface area contributed by atoms with Crippen molar-refractivity contribution in [2.24, 2.45) is 0 Å². The van der Waals surface area contributed by atoms with Crippen molar-refractivity contribution in [3.8, 4) is 5.75 Å². The molecule has 0 saturated carbocycles. The molecule has 0 aromatic carbocycles. The van der Waals surface area contributed by atoms with Gasteiger partial charge in [-0.1, -0.05) is 6.92 Å². The van der Waals surface area contributed by atoms with Crippen molar-refractivity contribution in [2.75, 3.05) is 7.05 Å². The van der Waals surface area contributed by atoms with Crippen molar-refractivity contribution in [3.05, 3.63) is 36.0 Å². The standard InChI is InChI=1S/C13H19N3O2/c1-3-5-16-9-12(8-15-16)18-10-13-11(7-14-2)4-6-17-13/h4,6,8-9,14H,3,5,7,10H2,1-2H3. The zero-order valence-electron chi connectivity index (χ0n) is 10.8. The number of nitrogens with zero attached hydrogens (tertiary/aromatic N) is 2. The molecule has 98 valence electrons. The molecule has 0 aliphatic rings. The lowest BCUT2D eigenvalue weighted by Gasteiger charge is -2.03. The van der Waals surface area contributed by atoms with Crippen LogP contribution in [0.15, 0.2) is 29.1 Å². The summed E-state index contributed by atoms with van der Waals surface area (Å²) in [5.41, 5.74) is 1.12. The molecular weight excluding hydrogens is 230 g/mol. The third kappa shape index (κ3) is 3.13. The zero-order chi connectivity index (χ0) is 12.8. The van der Waals surface area contributed by atoms with E-state index in [1.165, 1.54) is 0 Å². The van der Waals surface area contributed by atoms with Gasteiger partial charge in [-0.05, 0) is 19.5 Å². The van der Waals surface area contributed by atoms with Gasteiger partial charge in [0.25, 0.3) is 0 Å². The monoisotopic (exact) mass is 249 g/mol. The minimum Gasteiger partial charge on any atom is -0.482 e. The molecule has 0 bridgehead atoms. The first kappa shape index (κ1) is 12.7. The lowest BCUT2D eigenvalue weighted by Crippen LogP contribution is -2.07. The average molecular weight is 249 g/mol. The van der Waals surface area contributed by atoms with Crippen molar-refractivity contribution in [1.82, 2.24) is 15.1 Å². The summed E-state index contributed by atoms with van der Waals surface area (Å²) in [6.07, 6.45) is 6.39. The molecule has 2 heterocycles. The maximum atomic E-state index is 5.66. The normalized spacial score (nSPS) is 10.8. The maximum Gasteiger partial charge on any atom is 0.157 e. The molecule has 2 aromatic heterocycles. The van der Waals surface area contributed by atoms with E-state index in [1.54, 1.807) is 12.5 Å². The van der Waals surface area contributed by atoms with Crippen LogP contribution in [-0.2, 0) is 19.7 Å². The molecule has 0 radical (unpaired) electrons. The van der Waals surface area contributed by atoms with Gasteiger partial charge in [0.2, 0.25) is 0 Å². The van der Waals surface area contributed by atoms with E-state index in [0.717, 1.165) is 36.6 Å². The van der Waals surface area contributed by atoms with Crippen LogP contribution in [0.2, 0.25) is 0 Å². The van der Waals surface area contributed by atoms with Gasteiger partial charge in [-0.3, -0.25) is 4.68 Å². The summed E-state index contributed by atoms with van der Waals surface area (Å²) in [5, 5.41) is 7.31. The Bertz CT molecular complexity index is 476. The van der Waals surface area contributed by atoms with E-state index in [9.17, 15) is 0 Å². The minimum absolute atomic E-state index is 0.432. The number of rotatable bonds is 7. The van der Waals surface area contributed by atoms with Crippen molar-refractivity contribution in [3.63, 3.8) is 0 Å². The Morgan fingerprint density at radius 2 is 2.39 bits per heavy atom. The van der Waals surface area contributed by atoms with Gasteiger partial charge in [0.1, 0.15) is 12.4 Å². The summed E-state index contributed by atoms with van der Waals surface area (Å²) in [4.78, 5) is 0. The maximum absolute atomic E-state index is 5.66. The highest BCUT2D eigenvalue weighted by Gasteiger charge is 2.07. The first-order valence-electron chi connectivity index (χ1n) is 6.18. The van der Waals surface area contributed by atoms with Gasteiger partial charge in [-0.2, -0.15) is 5.10 Å². The molecule has 0 fully saturated rings. The fourth-order valence-electron chi connectivity index (χ4n) is 1.76. The molecule has 2 rings (SSSR count). The van der Waals surface area contributed by atoms with Gasteiger partial charge in [-0.15, -0.1) is 0 Å².